The Hall–Kier alpha value is -3.86. The zero-order valence-electron chi connectivity index (χ0n) is 20.2. The summed E-state index contributed by atoms with van der Waals surface area (Å²) < 4.78 is 17.7. The number of pyridine rings is 2. The molecule has 3 aromatic heterocycles. The Balaban J connectivity index is 1.50. The number of primary amides is 1. The van der Waals surface area contributed by atoms with E-state index in [0.29, 0.717) is 49.2 Å². The molecular formula is C25H29N7O4. The predicted octanol–water partition coefficient (Wildman–Crippen LogP) is 2.62. The van der Waals surface area contributed by atoms with Gasteiger partial charge in [-0.05, 0) is 37.8 Å². The van der Waals surface area contributed by atoms with Crippen molar-refractivity contribution in [1.29, 1.82) is 0 Å². The molecule has 188 valence electrons. The number of nitrogens with zero attached hydrogens (tertiary/aromatic N) is 6. The summed E-state index contributed by atoms with van der Waals surface area (Å²) in [6.45, 7) is 6.35. The van der Waals surface area contributed by atoms with Crippen LogP contribution in [0.4, 0.5) is 17.5 Å². The Morgan fingerprint density at radius 2 is 1.89 bits per heavy atom. The third-order valence-electron chi connectivity index (χ3n) is 6.91. The number of hydrogen-bond donors (Lipinski definition) is 1. The summed E-state index contributed by atoms with van der Waals surface area (Å²) in [7, 11) is 0. The van der Waals surface area contributed by atoms with Crippen molar-refractivity contribution in [3.05, 3.63) is 47.6 Å². The molecule has 11 nitrogen and oxygen atoms in total. The molecule has 2 saturated heterocycles. The SMILES string of the molecule is Cc1cnccc1C1OC=C(C(N)=O)N1c1cc2oc(N3CCOCC3)nc2nc1N1CCCCC1. The molecule has 0 spiro atoms. The molecule has 3 aliphatic heterocycles. The van der Waals surface area contributed by atoms with Crippen LogP contribution in [0.2, 0.25) is 0 Å². The summed E-state index contributed by atoms with van der Waals surface area (Å²) in [6.07, 6.45) is 7.63. The van der Waals surface area contributed by atoms with Crippen LogP contribution in [-0.4, -0.2) is 60.3 Å². The standard InChI is InChI=1S/C25H29N7O4/c1-16-14-27-6-5-17(16)24-32(19(15-35-24)21(26)33)18-13-20-22(28-23(18)30-7-3-2-4-8-30)29-25(36-20)31-9-11-34-12-10-31/h5-6,13-15,24H,2-4,7-12H2,1H3,(H2,26,33). The van der Waals surface area contributed by atoms with E-state index < -0.39 is 12.1 Å². The number of fused-ring (bicyclic) bond motifs is 1. The number of nitrogens with two attached hydrogens (primary N) is 1. The zero-order chi connectivity index (χ0) is 24.6. The van der Waals surface area contributed by atoms with E-state index in [-0.39, 0.29) is 5.70 Å². The van der Waals surface area contributed by atoms with Crippen molar-refractivity contribution in [2.45, 2.75) is 32.4 Å². The van der Waals surface area contributed by atoms with Crippen LogP contribution in [-0.2, 0) is 14.3 Å². The molecule has 1 atom stereocenters. The number of piperidine rings is 1. The van der Waals surface area contributed by atoms with E-state index in [9.17, 15) is 4.79 Å². The zero-order valence-corrected chi connectivity index (χ0v) is 20.2. The van der Waals surface area contributed by atoms with E-state index >= 15 is 0 Å². The van der Waals surface area contributed by atoms with Crippen LogP contribution >= 0.6 is 0 Å². The summed E-state index contributed by atoms with van der Waals surface area (Å²) in [6, 6.07) is 4.31. The molecule has 11 heteroatoms. The summed E-state index contributed by atoms with van der Waals surface area (Å²) in [5, 5.41) is 0. The van der Waals surface area contributed by atoms with E-state index in [4.69, 9.17) is 29.6 Å². The highest BCUT2D eigenvalue weighted by atomic mass is 16.5. The maximum absolute atomic E-state index is 12.5. The molecule has 36 heavy (non-hydrogen) atoms. The second-order valence-corrected chi connectivity index (χ2v) is 9.25. The van der Waals surface area contributed by atoms with Crippen molar-refractivity contribution in [2.75, 3.05) is 54.1 Å². The first-order valence-corrected chi connectivity index (χ1v) is 12.3. The normalized spacial score (nSPS) is 20.5. The lowest BCUT2D eigenvalue weighted by atomic mass is 10.1. The summed E-state index contributed by atoms with van der Waals surface area (Å²) in [5.41, 5.74) is 9.65. The lowest BCUT2D eigenvalue weighted by molar-refractivity contribution is -0.114. The highest BCUT2D eigenvalue weighted by Crippen LogP contribution is 2.43. The van der Waals surface area contributed by atoms with Gasteiger partial charge in [-0.15, -0.1) is 0 Å². The molecule has 1 amide bonds. The number of oxazole rings is 1. The number of rotatable bonds is 5. The van der Waals surface area contributed by atoms with Gasteiger partial charge in [0.1, 0.15) is 12.0 Å². The van der Waals surface area contributed by atoms with E-state index in [1.165, 1.54) is 12.7 Å². The van der Waals surface area contributed by atoms with Gasteiger partial charge in [0.2, 0.25) is 11.9 Å². The maximum atomic E-state index is 12.5. The highest BCUT2D eigenvalue weighted by molar-refractivity contribution is 5.98. The Kier molecular flexibility index (Phi) is 5.84. The van der Waals surface area contributed by atoms with Crippen molar-refractivity contribution >= 4 is 34.7 Å². The number of amides is 1. The minimum Gasteiger partial charge on any atom is -0.471 e. The number of carbonyl (C=O) groups is 1. The van der Waals surface area contributed by atoms with Gasteiger partial charge in [-0.1, -0.05) is 0 Å². The molecule has 0 radical (unpaired) electrons. The van der Waals surface area contributed by atoms with Crippen molar-refractivity contribution < 1.29 is 18.7 Å². The van der Waals surface area contributed by atoms with Crippen LogP contribution in [0.15, 0.2) is 40.9 Å². The molecule has 0 aliphatic carbocycles. The fraction of sp³-hybridized carbons (Fsp3) is 0.440. The van der Waals surface area contributed by atoms with Crippen LogP contribution in [0, 0.1) is 6.92 Å². The summed E-state index contributed by atoms with van der Waals surface area (Å²) >= 11 is 0. The molecule has 0 aromatic carbocycles. The maximum Gasteiger partial charge on any atom is 0.300 e. The molecule has 2 fully saturated rings. The number of morpholine rings is 1. The Labute approximate surface area is 208 Å². The fourth-order valence-corrected chi connectivity index (χ4v) is 5.02. The molecule has 0 bridgehead atoms. The number of anilines is 3. The number of ether oxygens (including phenoxy) is 2. The first kappa shape index (κ1) is 22.6. The van der Waals surface area contributed by atoms with Crippen LogP contribution in [0.25, 0.3) is 11.2 Å². The van der Waals surface area contributed by atoms with Gasteiger partial charge in [0.05, 0.1) is 18.9 Å². The third-order valence-corrected chi connectivity index (χ3v) is 6.91. The fourth-order valence-electron chi connectivity index (χ4n) is 5.02. The topological polar surface area (TPSA) is 123 Å². The van der Waals surface area contributed by atoms with Crippen molar-refractivity contribution in [2.24, 2.45) is 5.73 Å². The van der Waals surface area contributed by atoms with Crippen LogP contribution in [0.1, 0.15) is 36.6 Å². The predicted molar refractivity (Wildman–Crippen MR) is 133 cm³/mol. The molecule has 2 N–H and O–H groups in total. The van der Waals surface area contributed by atoms with Crippen molar-refractivity contribution in [3.8, 4) is 0 Å². The third kappa shape index (κ3) is 3.98. The Morgan fingerprint density at radius 1 is 1.08 bits per heavy atom. The minimum atomic E-state index is -0.597. The van der Waals surface area contributed by atoms with Gasteiger partial charge in [-0.25, -0.2) is 4.98 Å². The summed E-state index contributed by atoms with van der Waals surface area (Å²) in [5.74, 6) is 0.152. The molecule has 6 heterocycles. The number of hydrogen-bond acceptors (Lipinski definition) is 10. The van der Waals surface area contributed by atoms with E-state index in [2.05, 4.69) is 14.8 Å². The average Bonchev–Trinajstić information content (AvgIpc) is 3.54. The first-order chi connectivity index (χ1) is 17.6. The number of aryl methyl sites for hydroxylation is 1. The van der Waals surface area contributed by atoms with Crippen molar-refractivity contribution in [3.63, 3.8) is 0 Å². The van der Waals surface area contributed by atoms with Crippen LogP contribution in [0.5, 0.6) is 0 Å². The average molecular weight is 492 g/mol. The van der Waals surface area contributed by atoms with Crippen molar-refractivity contribution in [1.82, 2.24) is 15.0 Å². The van der Waals surface area contributed by atoms with Gasteiger partial charge < -0.3 is 29.4 Å². The lowest BCUT2D eigenvalue weighted by Gasteiger charge is -2.34. The van der Waals surface area contributed by atoms with Gasteiger partial charge in [0.15, 0.2) is 11.4 Å². The second-order valence-electron chi connectivity index (χ2n) is 9.25. The van der Waals surface area contributed by atoms with Gasteiger partial charge in [0, 0.05) is 50.2 Å². The van der Waals surface area contributed by atoms with Crippen LogP contribution in [0.3, 0.4) is 0 Å². The largest absolute Gasteiger partial charge is 0.471 e. The van der Waals surface area contributed by atoms with E-state index in [1.54, 1.807) is 12.4 Å². The minimum absolute atomic E-state index is 0.253. The quantitative estimate of drug-likeness (QED) is 0.570. The first-order valence-electron chi connectivity index (χ1n) is 12.3. The second kappa shape index (κ2) is 9.30. The van der Waals surface area contributed by atoms with E-state index in [1.807, 2.05) is 24.0 Å². The van der Waals surface area contributed by atoms with Gasteiger partial charge in [-0.3, -0.25) is 14.7 Å². The smallest absolute Gasteiger partial charge is 0.300 e. The highest BCUT2D eigenvalue weighted by Gasteiger charge is 2.37. The van der Waals surface area contributed by atoms with Gasteiger partial charge >= 0.3 is 0 Å². The molecule has 6 rings (SSSR count). The number of aromatic nitrogens is 3. The number of carbonyl (C=O) groups excluding carboxylic acids is 1. The molecule has 3 aliphatic rings. The van der Waals surface area contributed by atoms with Crippen LogP contribution < -0.4 is 20.4 Å². The monoisotopic (exact) mass is 491 g/mol. The van der Waals surface area contributed by atoms with Gasteiger partial charge in [0.25, 0.3) is 11.9 Å². The molecule has 3 aromatic rings. The molecule has 0 saturated carbocycles. The van der Waals surface area contributed by atoms with Gasteiger partial charge in [-0.2, -0.15) is 4.98 Å². The Bertz CT molecular complexity index is 1310. The Morgan fingerprint density at radius 3 is 2.64 bits per heavy atom. The molecule has 1 unspecified atom stereocenters. The lowest BCUT2D eigenvalue weighted by Crippen LogP contribution is -2.36. The van der Waals surface area contributed by atoms with E-state index in [0.717, 1.165) is 42.9 Å². The molecular weight excluding hydrogens is 462 g/mol. The summed E-state index contributed by atoms with van der Waals surface area (Å²) in [4.78, 5) is 32.6.